The third-order valence-corrected chi connectivity index (χ3v) is 6.52. The van der Waals surface area contributed by atoms with Crippen molar-refractivity contribution < 1.29 is 27.9 Å². The fourth-order valence-electron chi connectivity index (χ4n) is 4.46. The minimum absolute atomic E-state index is 0.131. The molecule has 0 bridgehead atoms. The van der Waals surface area contributed by atoms with Crippen LogP contribution in [-0.2, 0) is 24.3 Å². The highest BCUT2D eigenvalue weighted by molar-refractivity contribution is 5.94. The van der Waals surface area contributed by atoms with Crippen LogP contribution in [0.4, 0.5) is 13.2 Å². The number of benzene rings is 1. The topological polar surface area (TPSA) is 78.7 Å². The van der Waals surface area contributed by atoms with Gasteiger partial charge in [0.15, 0.2) is 0 Å². The second kappa shape index (κ2) is 10.8. The van der Waals surface area contributed by atoms with Gasteiger partial charge in [-0.3, -0.25) is 14.4 Å². The number of alkyl halides is 3. The average molecular weight is 495 g/mol. The molecule has 0 aliphatic carbocycles. The molecule has 0 unspecified atom stereocenters. The SMILES string of the molecule is Cc1ccc(C(=O)N2CCc3c(CN4CCCC4)nn(C(C)C)c3C2)cc1C.O=C(O)C(F)(F)F. The highest BCUT2D eigenvalue weighted by Crippen LogP contribution is 2.28. The van der Waals surface area contributed by atoms with Crippen LogP contribution in [-0.4, -0.2) is 62.4 Å². The molecule has 192 valence electrons. The molecule has 10 heteroatoms. The number of carboxylic acids is 1. The van der Waals surface area contributed by atoms with E-state index in [9.17, 15) is 18.0 Å². The summed E-state index contributed by atoms with van der Waals surface area (Å²) in [5.74, 6) is -2.63. The second-order valence-electron chi connectivity index (χ2n) is 9.47. The summed E-state index contributed by atoms with van der Waals surface area (Å²) in [7, 11) is 0. The first-order valence-electron chi connectivity index (χ1n) is 11.9. The molecule has 0 spiro atoms. The standard InChI is InChI=1S/C23H32N4O.C2HF3O2/c1-16(2)27-22-15-26(23(28)19-8-7-17(3)18(4)13-19)12-9-20(22)21(24-27)14-25-10-5-6-11-25;3-2(4,5)1(6)7/h7-8,13,16H,5-6,9-12,14-15H2,1-4H3;(H,6,7). The molecule has 1 aromatic carbocycles. The van der Waals surface area contributed by atoms with Gasteiger partial charge in [0.2, 0.25) is 0 Å². The Balaban J connectivity index is 0.000000429. The fraction of sp³-hybridized carbons (Fsp3) is 0.560. The lowest BCUT2D eigenvalue weighted by atomic mass is 10.0. The summed E-state index contributed by atoms with van der Waals surface area (Å²) < 4.78 is 33.9. The highest BCUT2D eigenvalue weighted by atomic mass is 19.4. The van der Waals surface area contributed by atoms with E-state index in [4.69, 9.17) is 15.0 Å². The van der Waals surface area contributed by atoms with Crippen molar-refractivity contribution in [2.75, 3.05) is 19.6 Å². The van der Waals surface area contributed by atoms with Crippen LogP contribution in [0.3, 0.4) is 0 Å². The number of carboxylic acid groups (broad SMARTS) is 1. The van der Waals surface area contributed by atoms with E-state index in [1.165, 1.54) is 54.0 Å². The summed E-state index contributed by atoms with van der Waals surface area (Å²) in [6.45, 7) is 13.3. The van der Waals surface area contributed by atoms with Crippen molar-refractivity contribution in [3.05, 3.63) is 51.8 Å². The van der Waals surface area contributed by atoms with Crippen LogP contribution in [0.2, 0.25) is 0 Å². The number of likely N-dealkylation sites (tertiary alicyclic amines) is 1. The zero-order valence-corrected chi connectivity index (χ0v) is 20.7. The van der Waals surface area contributed by atoms with Gasteiger partial charge in [0, 0.05) is 30.3 Å². The molecule has 35 heavy (non-hydrogen) atoms. The molecular weight excluding hydrogens is 461 g/mol. The molecule has 1 aromatic heterocycles. The molecule has 0 atom stereocenters. The molecule has 4 rings (SSSR count). The molecule has 3 heterocycles. The Labute approximate surface area is 203 Å². The van der Waals surface area contributed by atoms with Crippen molar-refractivity contribution >= 4 is 11.9 Å². The molecule has 1 saturated heterocycles. The van der Waals surface area contributed by atoms with Gasteiger partial charge in [0.05, 0.1) is 17.9 Å². The number of fused-ring (bicyclic) bond motifs is 1. The fourth-order valence-corrected chi connectivity index (χ4v) is 4.46. The molecule has 1 N–H and O–H groups in total. The molecule has 1 fully saturated rings. The number of aryl methyl sites for hydroxylation is 2. The maximum Gasteiger partial charge on any atom is 0.490 e. The molecule has 2 aliphatic rings. The Bertz CT molecular complexity index is 1070. The molecule has 0 radical (unpaired) electrons. The van der Waals surface area contributed by atoms with E-state index < -0.39 is 12.1 Å². The summed E-state index contributed by atoms with van der Waals surface area (Å²) in [5, 5.41) is 12.1. The van der Waals surface area contributed by atoms with Crippen LogP contribution in [0.5, 0.6) is 0 Å². The Kier molecular flexibility index (Phi) is 8.25. The van der Waals surface area contributed by atoms with Gasteiger partial charge in [-0.05, 0) is 83.3 Å². The number of amides is 1. The number of aromatic nitrogens is 2. The monoisotopic (exact) mass is 494 g/mol. The van der Waals surface area contributed by atoms with E-state index >= 15 is 0 Å². The van der Waals surface area contributed by atoms with Crippen molar-refractivity contribution in [1.82, 2.24) is 19.6 Å². The van der Waals surface area contributed by atoms with Crippen molar-refractivity contribution in [3.63, 3.8) is 0 Å². The van der Waals surface area contributed by atoms with Crippen LogP contribution >= 0.6 is 0 Å². The van der Waals surface area contributed by atoms with E-state index in [2.05, 4.69) is 37.3 Å². The molecule has 7 nitrogen and oxygen atoms in total. The van der Waals surface area contributed by atoms with Crippen LogP contribution < -0.4 is 0 Å². The van der Waals surface area contributed by atoms with Gasteiger partial charge >= 0.3 is 12.1 Å². The lowest BCUT2D eigenvalue weighted by Gasteiger charge is -2.29. The van der Waals surface area contributed by atoms with E-state index in [0.717, 1.165) is 25.1 Å². The number of hydrogen-bond acceptors (Lipinski definition) is 4. The lowest BCUT2D eigenvalue weighted by Crippen LogP contribution is -2.37. The summed E-state index contributed by atoms with van der Waals surface area (Å²) in [6, 6.07) is 6.33. The first-order valence-corrected chi connectivity index (χ1v) is 11.9. The van der Waals surface area contributed by atoms with Gasteiger partial charge in [0.1, 0.15) is 0 Å². The number of aliphatic carboxylic acids is 1. The number of nitrogens with zero attached hydrogens (tertiary/aromatic N) is 4. The predicted molar refractivity (Wildman–Crippen MR) is 125 cm³/mol. The molecule has 1 amide bonds. The van der Waals surface area contributed by atoms with E-state index in [1.54, 1.807) is 0 Å². The summed E-state index contributed by atoms with van der Waals surface area (Å²) in [6.07, 6.45) is -1.58. The van der Waals surface area contributed by atoms with Gasteiger partial charge in [-0.2, -0.15) is 18.3 Å². The number of carbonyl (C=O) groups excluding carboxylic acids is 1. The zero-order valence-electron chi connectivity index (χ0n) is 20.7. The first kappa shape index (κ1) is 26.7. The van der Waals surface area contributed by atoms with Crippen molar-refractivity contribution in [1.29, 1.82) is 0 Å². The summed E-state index contributed by atoms with van der Waals surface area (Å²) >= 11 is 0. The van der Waals surface area contributed by atoms with Crippen molar-refractivity contribution in [2.24, 2.45) is 0 Å². The Morgan fingerprint density at radius 1 is 1.09 bits per heavy atom. The first-order chi connectivity index (χ1) is 16.4. The maximum absolute atomic E-state index is 13.1. The molecule has 2 aromatic rings. The van der Waals surface area contributed by atoms with Crippen LogP contribution in [0.1, 0.15) is 71.2 Å². The largest absolute Gasteiger partial charge is 0.490 e. The van der Waals surface area contributed by atoms with Gasteiger partial charge < -0.3 is 10.0 Å². The number of halogens is 3. The predicted octanol–water partition coefficient (Wildman–Crippen LogP) is 4.51. The number of carbonyl (C=O) groups is 2. The smallest absolute Gasteiger partial charge is 0.475 e. The van der Waals surface area contributed by atoms with Gasteiger partial charge in [-0.25, -0.2) is 4.79 Å². The van der Waals surface area contributed by atoms with Gasteiger partial charge in [0.25, 0.3) is 5.91 Å². The normalized spacial score (nSPS) is 16.2. The van der Waals surface area contributed by atoms with E-state index in [1.807, 2.05) is 23.1 Å². The van der Waals surface area contributed by atoms with Crippen molar-refractivity contribution in [3.8, 4) is 0 Å². The van der Waals surface area contributed by atoms with Crippen LogP contribution in [0, 0.1) is 13.8 Å². The number of rotatable bonds is 4. The summed E-state index contributed by atoms with van der Waals surface area (Å²) in [5.41, 5.74) is 7.02. The molecular formula is C25H33F3N4O3. The van der Waals surface area contributed by atoms with Crippen LogP contribution in [0.25, 0.3) is 0 Å². The quantitative estimate of drug-likeness (QED) is 0.677. The van der Waals surface area contributed by atoms with E-state index in [0.29, 0.717) is 12.6 Å². The third kappa shape index (κ3) is 6.42. The summed E-state index contributed by atoms with van der Waals surface area (Å²) in [4.78, 5) is 26.5. The van der Waals surface area contributed by atoms with Gasteiger partial charge in [-0.1, -0.05) is 6.07 Å². The second-order valence-corrected chi connectivity index (χ2v) is 9.47. The van der Waals surface area contributed by atoms with Crippen molar-refractivity contribution in [2.45, 2.75) is 72.3 Å². The van der Waals surface area contributed by atoms with E-state index in [-0.39, 0.29) is 5.91 Å². The Morgan fingerprint density at radius 2 is 1.71 bits per heavy atom. The molecule has 0 saturated carbocycles. The molecule has 2 aliphatic heterocycles. The average Bonchev–Trinajstić information content (AvgIpc) is 3.43. The lowest BCUT2D eigenvalue weighted by molar-refractivity contribution is -0.192. The maximum atomic E-state index is 13.1. The highest BCUT2D eigenvalue weighted by Gasteiger charge is 2.38. The third-order valence-electron chi connectivity index (χ3n) is 6.52. The zero-order chi connectivity index (χ0) is 25.9. The minimum Gasteiger partial charge on any atom is -0.475 e. The van der Waals surface area contributed by atoms with Crippen LogP contribution in [0.15, 0.2) is 18.2 Å². The van der Waals surface area contributed by atoms with Gasteiger partial charge in [-0.15, -0.1) is 0 Å². The Morgan fingerprint density at radius 3 is 2.26 bits per heavy atom. The Hall–Kier alpha value is -2.88. The minimum atomic E-state index is -5.08. The number of hydrogen-bond donors (Lipinski definition) is 1.